The minimum atomic E-state index is -0.236. The van der Waals surface area contributed by atoms with Gasteiger partial charge in [-0.3, -0.25) is 4.79 Å². The van der Waals surface area contributed by atoms with Crippen molar-refractivity contribution in [3.63, 3.8) is 0 Å². The number of nitrogens with two attached hydrogens (primary N) is 1. The third-order valence-electron chi connectivity index (χ3n) is 3.59. The molecule has 4 heteroatoms. The Morgan fingerprint density at radius 2 is 2.06 bits per heavy atom. The van der Waals surface area contributed by atoms with Crippen LogP contribution >= 0.6 is 11.8 Å². The summed E-state index contributed by atoms with van der Waals surface area (Å²) in [6.45, 7) is 2.11. The average molecular weight is 258 g/mol. The van der Waals surface area contributed by atoms with E-state index in [0.717, 1.165) is 25.0 Å². The molecule has 0 spiro atoms. The normalized spacial score (nSPS) is 20.9. The molecule has 3 nitrogen and oxygen atoms in total. The van der Waals surface area contributed by atoms with Gasteiger partial charge >= 0.3 is 0 Å². The smallest absolute Gasteiger partial charge is 0.222 e. The van der Waals surface area contributed by atoms with Crippen LogP contribution in [0.5, 0.6) is 0 Å². The molecule has 0 aromatic heterocycles. The lowest BCUT2D eigenvalue weighted by molar-refractivity contribution is -0.123. The molecule has 0 aromatic rings. The number of thioether (sulfide) groups is 1. The van der Waals surface area contributed by atoms with Crippen molar-refractivity contribution in [2.24, 2.45) is 5.73 Å². The van der Waals surface area contributed by atoms with Gasteiger partial charge in [-0.1, -0.05) is 26.2 Å². The number of carbonyl (C=O) groups is 1. The second-order valence-corrected chi connectivity index (χ2v) is 6.14. The van der Waals surface area contributed by atoms with E-state index in [0.29, 0.717) is 12.5 Å². The molecule has 0 bridgehead atoms. The zero-order chi connectivity index (χ0) is 12.7. The highest BCUT2D eigenvalue weighted by Gasteiger charge is 2.30. The van der Waals surface area contributed by atoms with E-state index in [1.807, 2.05) is 0 Å². The highest BCUT2D eigenvalue weighted by molar-refractivity contribution is 7.98. The Morgan fingerprint density at radius 1 is 1.41 bits per heavy atom. The summed E-state index contributed by atoms with van der Waals surface area (Å²) in [5.41, 5.74) is 6.05. The number of carbonyl (C=O) groups excluding carboxylic acids is 1. The maximum atomic E-state index is 12.0. The van der Waals surface area contributed by atoms with Crippen LogP contribution in [0, 0.1) is 0 Å². The lowest BCUT2D eigenvalue weighted by Gasteiger charge is -2.33. The monoisotopic (exact) mass is 258 g/mol. The van der Waals surface area contributed by atoms with Crippen LogP contribution in [-0.2, 0) is 4.79 Å². The summed E-state index contributed by atoms with van der Waals surface area (Å²) in [6.07, 6.45) is 9.17. The Morgan fingerprint density at radius 3 is 2.59 bits per heavy atom. The second kappa shape index (κ2) is 7.27. The number of hydrogen-bond acceptors (Lipinski definition) is 3. The fourth-order valence-corrected chi connectivity index (χ4v) is 3.22. The highest BCUT2D eigenvalue weighted by Crippen LogP contribution is 2.28. The maximum Gasteiger partial charge on any atom is 0.222 e. The molecule has 100 valence electrons. The molecule has 1 unspecified atom stereocenters. The SMILES string of the molecule is CCC(CSC)NC(=O)CC1(N)CCCCC1. The van der Waals surface area contributed by atoms with Crippen LogP contribution in [-0.4, -0.2) is 29.5 Å². The van der Waals surface area contributed by atoms with Crippen LogP contribution in [0.4, 0.5) is 0 Å². The van der Waals surface area contributed by atoms with E-state index >= 15 is 0 Å². The molecule has 1 rings (SSSR count). The van der Waals surface area contributed by atoms with Crippen LogP contribution in [0.15, 0.2) is 0 Å². The van der Waals surface area contributed by atoms with Gasteiger partial charge in [-0.15, -0.1) is 0 Å². The quantitative estimate of drug-likeness (QED) is 0.768. The van der Waals surface area contributed by atoms with Gasteiger partial charge < -0.3 is 11.1 Å². The largest absolute Gasteiger partial charge is 0.352 e. The van der Waals surface area contributed by atoms with Gasteiger partial charge in [0.2, 0.25) is 5.91 Å². The summed E-state index contributed by atoms with van der Waals surface area (Å²) in [4.78, 5) is 12.0. The lowest BCUT2D eigenvalue weighted by atomic mass is 9.80. The fourth-order valence-electron chi connectivity index (χ4n) is 2.49. The molecule has 0 aromatic carbocycles. The zero-order valence-electron chi connectivity index (χ0n) is 11.1. The summed E-state index contributed by atoms with van der Waals surface area (Å²) in [7, 11) is 0. The number of rotatable bonds is 6. The summed E-state index contributed by atoms with van der Waals surface area (Å²) < 4.78 is 0. The van der Waals surface area contributed by atoms with Crippen LogP contribution in [0.1, 0.15) is 51.9 Å². The number of nitrogens with one attached hydrogen (secondary N) is 1. The average Bonchev–Trinajstić information content (AvgIpc) is 2.28. The molecule has 0 radical (unpaired) electrons. The summed E-state index contributed by atoms with van der Waals surface area (Å²) >= 11 is 1.78. The van der Waals surface area contributed by atoms with Crippen molar-refractivity contribution < 1.29 is 4.79 Å². The molecule has 1 aliphatic rings. The van der Waals surface area contributed by atoms with Gasteiger partial charge in [-0.05, 0) is 25.5 Å². The maximum absolute atomic E-state index is 12.0. The molecule has 1 saturated carbocycles. The first-order valence-corrected chi connectivity index (χ1v) is 8.06. The first-order chi connectivity index (χ1) is 8.09. The lowest BCUT2D eigenvalue weighted by Crippen LogP contribution is -2.48. The molecule has 1 fully saturated rings. The first-order valence-electron chi connectivity index (χ1n) is 6.67. The van der Waals surface area contributed by atoms with Gasteiger partial charge in [0.05, 0.1) is 0 Å². The van der Waals surface area contributed by atoms with Crippen molar-refractivity contribution in [3.05, 3.63) is 0 Å². The standard InChI is InChI=1S/C13H26N2OS/c1-3-11(10-17-2)15-12(16)9-13(14)7-5-4-6-8-13/h11H,3-10,14H2,1-2H3,(H,15,16). The Bertz CT molecular complexity index is 240. The van der Waals surface area contributed by atoms with E-state index < -0.39 is 0 Å². The summed E-state index contributed by atoms with van der Waals surface area (Å²) in [6, 6.07) is 0.296. The van der Waals surface area contributed by atoms with Gasteiger partial charge in [0.25, 0.3) is 0 Å². The van der Waals surface area contributed by atoms with E-state index in [1.165, 1.54) is 19.3 Å². The highest BCUT2D eigenvalue weighted by atomic mass is 32.2. The van der Waals surface area contributed by atoms with Crippen molar-refractivity contribution in [2.75, 3.05) is 12.0 Å². The van der Waals surface area contributed by atoms with E-state index in [2.05, 4.69) is 18.5 Å². The van der Waals surface area contributed by atoms with Gasteiger partial charge in [-0.25, -0.2) is 0 Å². The van der Waals surface area contributed by atoms with Crippen molar-refractivity contribution in [2.45, 2.75) is 63.5 Å². The third kappa shape index (κ3) is 5.30. The van der Waals surface area contributed by atoms with Crippen LogP contribution in [0.25, 0.3) is 0 Å². The Kier molecular flexibility index (Phi) is 6.34. The van der Waals surface area contributed by atoms with Crippen molar-refractivity contribution >= 4 is 17.7 Å². The van der Waals surface area contributed by atoms with Crippen LogP contribution in [0.2, 0.25) is 0 Å². The van der Waals surface area contributed by atoms with Gasteiger partial charge in [0, 0.05) is 23.8 Å². The minimum Gasteiger partial charge on any atom is -0.352 e. The molecule has 1 aliphatic carbocycles. The Labute approximate surface area is 109 Å². The Balaban J connectivity index is 2.36. The van der Waals surface area contributed by atoms with Crippen LogP contribution in [0.3, 0.4) is 0 Å². The number of hydrogen-bond donors (Lipinski definition) is 2. The molecule has 1 atom stereocenters. The van der Waals surface area contributed by atoms with Crippen molar-refractivity contribution in [1.29, 1.82) is 0 Å². The van der Waals surface area contributed by atoms with Crippen molar-refractivity contribution in [3.8, 4) is 0 Å². The topological polar surface area (TPSA) is 55.1 Å². The molecular formula is C13H26N2OS. The molecule has 17 heavy (non-hydrogen) atoms. The molecular weight excluding hydrogens is 232 g/mol. The summed E-state index contributed by atoms with van der Waals surface area (Å²) in [5.74, 6) is 1.12. The fraction of sp³-hybridized carbons (Fsp3) is 0.923. The van der Waals surface area contributed by atoms with Gasteiger partial charge in [0.1, 0.15) is 0 Å². The third-order valence-corrected chi connectivity index (χ3v) is 4.32. The molecule has 1 amide bonds. The van der Waals surface area contributed by atoms with E-state index in [1.54, 1.807) is 11.8 Å². The molecule has 0 heterocycles. The number of amides is 1. The zero-order valence-corrected chi connectivity index (χ0v) is 11.9. The van der Waals surface area contributed by atoms with Crippen LogP contribution < -0.4 is 11.1 Å². The van der Waals surface area contributed by atoms with E-state index in [-0.39, 0.29) is 11.4 Å². The molecule has 3 N–H and O–H groups in total. The van der Waals surface area contributed by atoms with Gasteiger partial charge in [-0.2, -0.15) is 11.8 Å². The Hall–Kier alpha value is -0.220. The van der Waals surface area contributed by atoms with Gasteiger partial charge in [0.15, 0.2) is 0 Å². The molecule has 0 aliphatic heterocycles. The second-order valence-electron chi connectivity index (χ2n) is 5.23. The predicted octanol–water partition coefficient (Wildman–Crippen LogP) is 2.30. The summed E-state index contributed by atoms with van der Waals surface area (Å²) in [5, 5.41) is 3.10. The van der Waals surface area contributed by atoms with Crippen molar-refractivity contribution in [1.82, 2.24) is 5.32 Å². The first kappa shape index (κ1) is 14.8. The minimum absolute atomic E-state index is 0.135. The van der Waals surface area contributed by atoms with E-state index in [4.69, 9.17) is 5.73 Å². The van der Waals surface area contributed by atoms with E-state index in [9.17, 15) is 4.79 Å². The predicted molar refractivity (Wildman–Crippen MR) is 75.2 cm³/mol. The molecule has 0 saturated heterocycles.